The van der Waals surface area contributed by atoms with Gasteiger partial charge in [0.2, 0.25) is 0 Å². The highest BCUT2D eigenvalue weighted by molar-refractivity contribution is 8.03. The molecule has 1 heterocycles. The molecule has 22 heavy (non-hydrogen) atoms. The van der Waals surface area contributed by atoms with Crippen molar-refractivity contribution in [3.8, 4) is 0 Å². The number of thioether (sulfide) groups is 1. The molecule has 2 aromatic carbocycles. The van der Waals surface area contributed by atoms with Gasteiger partial charge in [-0.1, -0.05) is 54.2 Å². The van der Waals surface area contributed by atoms with Crippen LogP contribution < -0.4 is 4.90 Å². The minimum absolute atomic E-state index is 0.327. The number of anilines is 1. The third-order valence-corrected chi connectivity index (χ3v) is 5.44. The molecule has 1 saturated carbocycles. The van der Waals surface area contributed by atoms with E-state index < -0.39 is 0 Å². The number of hydrogen-bond donors (Lipinski definition) is 0. The first-order chi connectivity index (χ1) is 10.8. The van der Waals surface area contributed by atoms with Crippen LogP contribution >= 0.6 is 11.8 Å². The summed E-state index contributed by atoms with van der Waals surface area (Å²) in [7, 11) is 0. The summed E-state index contributed by atoms with van der Waals surface area (Å²) in [6.07, 6.45) is 2.61. The van der Waals surface area contributed by atoms with Crippen molar-refractivity contribution in [3.63, 3.8) is 0 Å². The van der Waals surface area contributed by atoms with Gasteiger partial charge in [-0.25, -0.2) is 0 Å². The molecule has 2 nitrogen and oxygen atoms in total. The summed E-state index contributed by atoms with van der Waals surface area (Å²) in [6.45, 7) is 0.816. The smallest absolute Gasteiger partial charge is 0.161 e. The largest absolute Gasteiger partial charge is 0.330 e. The molecule has 0 radical (unpaired) electrons. The summed E-state index contributed by atoms with van der Waals surface area (Å²) in [6, 6.07) is 18.9. The lowest BCUT2D eigenvalue weighted by atomic mass is 10.1. The third-order valence-electron chi connectivity index (χ3n) is 4.22. The average Bonchev–Trinajstić information content (AvgIpc) is 3.12. The van der Waals surface area contributed by atoms with Crippen molar-refractivity contribution >= 4 is 23.2 Å². The molecule has 1 aliphatic carbocycles. The van der Waals surface area contributed by atoms with Crippen molar-refractivity contribution in [2.45, 2.75) is 30.7 Å². The maximum atomic E-state index is 12.2. The summed E-state index contributed by atoms with van der Waals surface area (Å²) in [5, 5.41) is 1.15. The van der Waals surface area contributed by atoms with Gasteiger partial charge in [0.05, 0.1) is 10.7 Å². The van der Waals surface area contributed by atoms with Crippen LogP contribution in [0.3, 0.4) is 0 Å². The molecule has 0 unspecified atom stereocenters. The Morgan fingerprint density at radius 2 is 1.73 bits per heavy atom. The van der Waals surface area contributed by atoms with E-state index in [1.807, 2.05) is 6.07 Å². The Kier molecular flexibility index (Phi) is 3.51. The van der Waals surface area contributed by atoms with Gasteiger partial charge >= 0.3 is 0 Å². The molecular weight excluding hydrogens is 290 g/mol. The van der Waals surface area contributed by atoms with Crippen LogP contribution in [0, 0.1) is 0 Å². The van der Waals surface area contributed by atoms with E-state index in [-0.39, 0.29) is 0 Å². The maximum absolute atomic E-state index is 12.2. The number of carbonyl (C=O) groups excluding carboxylic acids is 1. The van der Waals surface area contributed by atoms with E-state index in [0.29, 0.717) is 12.2 Å². The van der Waals surface area contributed by atoms with Crippen molar-refractivity contribution in [2.75, 3.05) is 4.90 Å². The summed E-state index contributed by atoms with van der Waals surface area (Å²) >= 11 is 1.75. The normalized spacial score (nSPS) is 20.5. The fourth-order valence-corrected chi connectivity index (χ4v) is 4.37. The topological polar surface area (TPSA) is 20.3 Å². The number of hydrogen-bond acceptors (Lipinski definition) is 3. The first-order valence-corrected chi connectivity index (χ1v) is 8.49. The number of ketones is 1. The van der Waals surface area contributed by atoms with E-state index in [4.69, 9.17) is 0 Å². The fourth-order valence-electron chi connectivity index (χ4n) is 3.12. The Morgan fingerprint density at radius 3 is 2.50 bits per heavy atom. The molecule has 0 bridgehead atoms. The van der Waals surface area contributed by atoms with Gasteiger partial charge in [0.1, 0.15) is 0 Å². The molecule has 1 fully saturated rings. The van der Waals surface area contributed by atoms with Crippen LogP contribution in [0.25, 0.3) is 0 Å². The summed E-state index contributed by atoms with van der Waals surface area (Å²) in [5.74, 6) is 0.327. The number of para-hydroxylation sites is 1. The van der Waals surface area contributed by atoms with Gasteiger partial charge in [0.15, 0.2) is 5.78 Å². The molecule has 3 heteroatoms. The van der Waals surface area contributed by atoms with Crippen molar-refractivity contribution < 1.29 is 4.79 Å². The fraction of sp³-hybridized carbons (Fsp3) is 0.211. The van der Waals surface area contributed by atoms with Crippen molar-refractivity contribution in [3.05, 3.63) is 70.8 Å². The number of nitrogens with zero attached hydrogens (tertiary/aromatic N) is 1. The average molecular weight is 307 g/mol. The van der Waals surface area contributed by atoms with Crippen molar-refractivity contribution in [1.29, 1.82) is 0 Å². The summed E-state index contributed by atoms with van der Waals surface area (Å²) in [5.41, 5.74) is 3.51. The second-order valence-corrected chi connectivity index (χ2v) is 6.73. The molecule has 0 atom stereocenters. The van der Waals surface area contributed by atoms with Crippen LogP contribution in [-0.4, -0.2) is 5.78 Å². The minimum Gasteiger partial charge on any atom is -0.330 e. The zero-order valence-electron chi connectivity index (χ0n) is 12.3. The molecule has 0 aromatic heterocycles. The third kappa shape index (κ3) is 2.35. The van der Waals surface area contributed by atoms with Crippen molar-refractivity contribution in [1.82, 2.24) is 0 Å². The quantitative estimate of drug-likeness (QED) is 0.746. The minimum atomic E-state index is 0.327. The number of Topliss-reactive ketones (excluding diaryl/α,β-unsaturated/α-hetero) is 1. The lowest BCUT2D eigenvalue weighted by Crippen LogP contribution is -2.19. The standard InChI is InChI=1S/C19H17NOS/c21-17-11-6-9-15(17)19-20(13-14-7-2-1-3-8-14)16-10-4-5-12-18(16)22-19/h1-5,7-8,10,12H,6,9,11,13H2/b19-15-. The van der Waals surface area contributed by atoms with Crippen LogP contribution in [-0.2, 0) is 11.3 Å². The Bertz CT molecular complexity index is 751. The molecule has 0 N–H and O–H groups in total. The second-order valence-electron chi connectivity index (χ2n) is 5.70. The highest BCUT2D eigenvalue weighted by Crippen LogP contribution is 2.49. The van der Waals surface area contributed by atoms with E-state index in [1.165, 1.54) is 16.1 Å². The van der Waals surface area contributed by atoms with E-state index in [0.717, 1.165) is 30.0 Å². The van der Waals surface area contributed by atoms with Gasteiger partial charge in [0.25, 0.3) is 0 Å². The van der Waals surface area contributed by atoms with E-state index >= 15 is 0 Å². The molecular formula is C19H17NOS. The maximum Gasteiger partial charge on any atom is 0.161 e. The molecule has 0 saturated heterocycles. The van der Waals surface area contributed by atoms with Gasteiger partial charge in [-0.3, -0.25) is 4.79 Å². The monoisotopic (exact) mass is 307 g/mol. The number of fused-ring (bicyclic) bond motifs is 1. The highest BCUT2D eigenvalue weighted by Gasteiger charge is 2.31. The van der Waals surface area contributed by atoms with E-state index in [1.54, 1.807) is 11.8 Å². The number of allylic oxidation sites excluding steroid dienone is 1. The molecule has 2 aromatic rings. The Labute approximate surface area is 134 Å². The molecule has 4 rings (SSSR count). The highest BCUT2D eigenvalue weighted by atomic mass is 32.2. The Balaban J connectivity index is 1.78. The van der Waals surface area contributed by atoms with Crippen LogP contribution in [0.5, 0.6) is 0 Å². The van der Waals surface area contributed by atoms with Crippen molar-refractivity contribution in [2.24, 2.45) is 0 Å². The van der Waals surface area contributed by atoms with Crippen LogP contribution in [0.2, 0.25) is 0 Å². The van der Waals surface area contributed by atoms with Gasteiger partial charge < -0.3 is 4.90 Å². The molecule has 110 valence electrons. The number of rotatable bonds is 2. The lowest BCUT2D eigenvalue weighted by Gasteiger charge is -2.22. The lowest BCUT2D eigenvalue weighted by molar-refractivity contribution is -0.114. The Morgan fingerprint density at radius 1 is 0.955 bits per heavy atom. The zero-order chi connectivity index (χ0) is 14.9. The first kappa shape index (κ1) is 13.6. The Hall–Kier alpha value is -2.00. The van der Waals surface area contributed by atoms with Crippen LogP contribution in [0.4, 0.5) is 5.69 Å². The molecule has 1 aliphatic heterocycles. The molecule has 2 aliphatic rings. The predicted molar refractivity (Wildman–Crippen MR) is 90.8 cm³/mol. The van der Waals surface area contributed by atoms with Gasteiger partial charge in [-0.15, -0.1) is 0 Å². The van der Waals surface area contributed by atoms with Gasteiger partial charge in [0, 0.05) is 23.4 Å². The summed E-state index contributed by atoms with van der Waals surface area (Å²) < 4.78 is 0. The number of carbonyl (C=O) groups is 1. The molecule has 0 spiro atoms. The first-order valence-electron chi connectivity index (χ1n) is 7.67. The SMILES string of the molecule is O=C1CCC/C1=C1/Sc2ccccc2N1Cc1ccccc1. The predicted octanol–water partition coefficient (Wildman–Crippen LogP) is 4.76. The summed E-state index contributed by atoms with van der Waals surface area (Å²) in [4.78, 5) is 15.8. The van der Waals surface area contributed by atoms with Gasteiger partial charge in [-0.05, 0) is 30.5 Å². The zero-order valence-corrected chi connectivity index (χ0v) is 13.1. The molecule has 0 amide bonds. The van der Waals surface area contributed by atoms with Gasteiger partial charge in [-0.2, -0.15) is 0 Å². The van der Waals surface area contributed by atoms with E-state index in [9.17, 15) is 4.79 Å². The van der Waals surface area contributed by atoms with Crippen LogP contribution in [0.15, 0.2) is 70.1 Å². The van der Waals surface area contributed by atoms with E-state index in [2.05, 4.69) is 53.4 Å². The number of benzene rings is 2. The van der Waals surface area contributed by atoms with Crippen LogP contribution in [0.1, 0.15) is 24.8 Å². The second kappa shape index (κ2) is 5.65.